The van der Waals surface area contributed by atoms with Gasteiger partial charge in [-0.1, -0.05) is 60.2 Å². The fourth-order valence-corrected chi connectivity index (χ4v) is 3.76. The number of nitrogens with zero attached hydrogens (tertiary/aromatic N) is 1. The van der Waals surface area contributed by atoms with Crippen molar-refractivity contribution in [1.29, 1.82) is 0 Å². The molecule has 28 heavy (non-hydrogen) atoms. The summed E-state index contributed by atoms with van der Waals surface area (Å²) in [5.74, 6) is -0.647. The van der Waals surface area contributed by atoms with Gasteiger partial charge >= 0.3 is 0 Å². The fourth-order valence-electron chi connectivity index (χ4n) is 3.76. The fraction of sp³-hybridized carbons (Fsp3) is 0.130. The van der Waals surface area contributed by atoms with Crippen molar-refractivity contribution in [3.8, 4) is 0 Å². The first-order valence-electron chi connectivity index (χ1n) is 9.16. The maximum Gasteiger partial charge on any atom is 0.273 e. The van der Waals surface area contributed by atoms with Crippen LogP contribution in [0.5, 0.6) is 0 Å². The van der Waals surface area contributed by atoms with Crippen LogP contribution >= 0.6 is 0 Å². The van der Waals surface area contributed by atoms with E-state index in [4.69, 9.17) is 4.84 Å². The molecule has 0 saturated carbocycles. The largest absolute Gasteiger partial charge is 0.274 e. The van der Waals surface area contributed by atoms with E-state index in [1.54, 1.807) is 12.1 Å². The molecule has 0 unspecified atom stereocenters. The lowest BCUT2D eigenvalue weighted by atomic mass is 9.99. The minimum absolute atomic E-state index is 0.0268. The summed E-state index contributed by atoms with van der Waals surface area (Å²) in [7, 11) is 0. The maximum atomic E-state index is 13.2. The van der Waals surface area contributed by atoms with E-state index in [-0.39, 0.29) is 18.2 Å². The Balaban J connectivity index is 1.51. The number of carbonyl (C=O) groups excluding carboxylic acids is 2. The second-order valence-electron chi connectivity index (χ2n) is 7.26. The van der Waals surface area contributed by atoms with E-state index in [0.29, 0.717) is 11.4 Å². The zero-order chi connectivity index (χ0) is 19.3. The lowest BCUT2D eigenvalue weighted by Gasteiger charge is -2.19. The summed E-state index contributed by atoms with van der Waals surface area (Å²) in [6.07, 6.45) is 1.69. The van der Waals surface area contributed by atoms with Crippen molar-refractivity contribution < 1.29 is 14.4 Å². The summed E-state index contributed by atoms with van der Waals surface area (Å²) in [5.41, 5.74) is 4.85. The molecule has 5 rings (SSSR count). The predicted octanol–water partition coefficient (Wildman–Crippen LogP) is 3.73. The van der Waals surface area contributed by atoms with Crippen molar-refractivity contribution in [2.24, 2.45) is 0 Å². The van der Waals surface area contributed by atoms with Crippen LogP contribution in [0.3, 0.4) is 0 Å². The Labute approximate surface area is 162 Å². The Kier molecular flexibility index (Phi) is 3.60. The lowest BCUT2D eigenvalue weighted by molar-refractivity contribution is -0.136. The second kappa shape index (κ2) is 6.04. The molecular weight excluding hydrogens is 352 g/mol. The molecule has 0 radical (unpaired) electrons. The van der Waals surface area contributed by atoms with Crippen LogP contribution in [0.25, 0.3) is 16.5 Å². The number of imide groups is 1. The van der Waals surface area contributed by atoms with Gasteiger partial charge in [-0.05, 0) is 41.5 Å². The lowest BCUT2D eigenvalue weighted by Crippen LogP contribution is -2.40. The van der Waals surface area contributed by atoms with Gasteiger partial charge in [0.1, 0.15) is 0 Å². The Bertz CT molecular complexity index is 1150. The summed E-state index contributed by atoms with van der Waals surface area (Å²) in [4.78, 5) is 32.8. The van der Waals surface area contributed by atoms with Gasteiger partial charge in [0.25, 0.3) is 5.91 Å². The molecule has 3 aromatic carbocycles. The van der Waals surface area contributed by atoms with E-state index in [1.165, 1.54) is 4.90 Å². The number of hydroxylamine groups is 1. The van der Waals surface area contributed by atoms with E-state index >= 15 is 0 Å². The molecule has 2 amide bonds. The summed E-state index contributed by atoms with van der Waals surface area (Å²) >= 11 is 0. The van der Waals surface area contributed by atoms with Gasteiger partial charge in [0, 0.05) is 0 Å². The maximum absolute atomic E-state index is 13.2. The molecule has 2 heterocycles. The van der Waals surface area contributed by atoms with Gasteiger partial charge in [-0.2, -0.15) is 0 Å². The predicted molar refractivity (Wildman–Crippen MR) is 107 cm³/mol. The van der Waals surface area contributed by atoms with Gasteiger partial charge in [-0.25, -0.2) is 4.90 Å². The Morgan fingerprint density at radius 3 is 2.50 bits per heavy atom. The van der Waals surface area contributed by atoms with Crippen LogP contribution in [-0.2, 0) is 14.4 Å². The van der Waals surface area contributed by atoms with Gasteiger partial charge in [-0.15, -0.1) is 0 Å². The molecule has 2 aliphatic heterocycles. The molecule has 5 heteroatoms. The van der Waals surface area contributed by atoms with Gasteiger partial charge in [0.05, 0.1) is 17.8 Å². The minimum atomic E-state index is -1.30. The summed E-state index contributed by atoms with van der Waals surface area (Å²) < 4.78 is 0. The van der Waals surface area contributed by atoms with Crippen LogP contribution in [0.4, 0.5) is 5.69 Å². The number of hydrogen-bond donors (Lipinski definition) is 1. The van der Waals surface area contributed by atoms with Gasteiger partial charge in [0.2, 0.25) is 11.5 Å². The first-order valence-corrected chi connectivity index (χ1v) is 9.16. The molecular formula is C23H18N2O3. The molecule has 1 N–H and O–H groups in total. The monoisotopic (exact) mass is 370 g/mol. The van der Waals surface area contributed by atoms with Crippen LogP contribution in [0, 0.1) is 6.92 Å². The molecule has 0 aromatic heterocycles. The van der Waals surface area contributed by atoms with Crippen molar-refractivity contribution in [2.75, 3.05) is 4.90 Å². The highest BCUT2D eigenvalue weighted by Gasteiger charge is 2.55. The number of nitrogens with one attached hydrogen (secondary N) is 1. The highest BCUT2D eigenvalue weighted by molar-refractivity contribution is 6.25. The van der Waals surface area contributed by atoms with E-state index < -0.39 is 5.60 Å². The smallest absolute Gasteiger partial charge is 0.273 e. The van der Waals surface area contributed by atoms with Crippen molar-refractivity contribution >= 4 is 34.0 Å². The topological polar surface area (TPSA) is 58.6 Å². The first-order chi connectivity index (χ1) is 13.6. The third kappa shape index (κ3) is 2.52. The average Bonchev–Trinajstić information content (AvgIpc) is 3.23. The Hall–Kier alpha value is -3.44. The average molecular weight is 370 g/mol. The summed E-state index contributed by atoms with van der Waals surface area (Å²) in [6.45, 7) is 2.01. The minimum Gasteiger partial charge on any atom is -0.274 e. The number of amides is 2. The van der Waals surface area contributed by atoms with Crippen molar-refractivity contribution in [3.63, 3.8) is 0 Å². The number of hydrogen-bond acceptors (Lipinski definition) is 4. The number of rotatable bonds is 2. The van der Waals surface area contributed by atoms with Crippen molar-refractivity contribution in [2.45, 2.75) is 18.9 Å². The van der Waals surface area contributed by atoms with Crippen molar-refractivity contribution in [3.05, 3.63) is 83.9 Å². The molecule has 1 spiro atoms. The zero-order valence-corrected chi connectivity index (χ0v) is 15.3. The normalized spacial score (nSPS) is 21.5. The molecule has 2 aliphatic rings. The number of anilines is 1. The van der Waals surface area contributed by atoms with Gasteiger partial charge in [-0.3, -0.25) is 19.9 Å². The van der Waals surface area contributed by atoms with E-state index in [0.717, 1.165) is 21.9 Å². The molecule has 1 atom stereocenters. The third-order valence-electron chi connectivity index (χ3n) is 5.30. The zero-order valence-electron chi connectivity index (χ0n) is 15.3. The van der Waals surface area contributed by atoms with E-state index in [1.807, 2.05) is 67.6 Å². The van der Waals surface area contributed by atoms with Crippen LogP contribution in [0.15, 0.2) is 72.8 Å². The highest BCUT2D eigenvalue weighted by atomic mass is 16.7. The van der Waals surface area contributed by atoms with E-state index in [9.17, 15) is 9.59 Å². The summed E-state index contributed by atoms with van der Waals surface area (Å²) in [5, 5.41) is 2.03. The van der Waals surface area contributed by atoms with Crippen LogP contribution < -0.4 is 10.4 Å². The summed E-state index contributed by atoms with van der Waals surface area (Å²) in [6, 6.07) is 21.3. The van der Waals surface area contributed by atoms with E-state index in [2.05, 4.69) is 5.48 Å². The van der Waals surface area contributed by atoms with Gasteiger partial charge < -0.3 is 0 Å². The molecule has 5 nitrogen and oxygen atoms in total. The van der Waals surface area contributed by atoms with Crippen molar-refractivity contribution in [1.82, 2.24) is 5.48 Å². The van der Waals surface area contributed by atoms with Crippen LogP contribution in [0.2, 0.25) is 0 Å². The third-order valence-corrected chi connectivity index (χ3v) is 5.30. The molecule has 3 aromatic rings. The SMILES string of the molecule is Cc1ccc(C2=C[C@@]3(CC(=O)N(c4ccc5ccccc5c4)C3=O)ON2)cc1. The highest BCUT2D eigenvalue weighted by Crippen LogP contribution is 2.38. The Morgan fingerprint density at radius 1 is 0.964 bits per heavy atom. The molecule has 0 aliphatic carbocycles. The van der Waals surface area contributed by atoms with Crippen LogP contribution in [-0.4, -0.2) is 17.4 Å². The number of carbonyl (C=O) groups is 2. The number of fused-ring (bicyclic) bond motifs is 1. The number of aryl methyl sites for hydroxylation is 1. The molecule has 0 bridgehead atoms. The Morgan fingerprint density at radius 2 is 1.71 bits per heavy atom. The molecule has 138 valence electrons. The number of benzene rings is 3. The van der Waals surface area contributed by atoms with Gasteiger partial charge in [0.15, 0.2) is 0 Å². The quantitative estimate of drug-likeness (QED) is 0.699. The first kappa shape index (κ1) is 16.7. The standard InChI is InChI=1S/C23H18N2O3/c1-15-6-8-17(9-7-15)20-13-23(28-24-20)14-21(26)25(22(23)27)19-11-10-16-4-2-3-5-18(16)12-19/h2-13,24H,14H2,1H3/t23-/m0/s1. The second-order valence-corrected chi connectivity index (χ2v) is 7.26. The molecule has 1 saturated heterocycles. The van der Waals surface area contributed by atoms with Crippen LogP contribution in [0.1, 0.15) is 17.5 Å². The molecule has 1 fully saturated rings.